The van der Waals surface area contributed by atoms with Crippen molar-refractivity contribution in [2.24, 2.45) is 0 Å². The Kier molecular flexibility index (Phi) is 4.66. The first kappa shape index (κ1) is 17.5. The van der Waals surface area contributed by atoms with Gasteiger partial charge in [-0.1, -0.05) is 18.2 Å². The topological polar surface area (TPSA) is 95.1 Å². The number of nitrogens with zero attached hydrogens (tertiary/aromatic N) is 1. The number of aromatic nitrogens is 2. The third kappa shape index (κ3) is 3.39. The lowest BCUT2D eigenvalue weighted by Crippen LogP contribution is -2.29. The molecule has 0 fully saturated rings. The number of carboxylic acid groups (broad SMARTS) is 1. The van der Waals surface area contributed by atoms with Crippen LogP contribution in [0, 0.1) is 18.6 Å². The van der Waals surface area contributed by atoms with E-state index in [1.165, 1.54) is 36.4 Å². The van der Waals surface area contributed by atoms with Crippen LogP contribution in [0.4, 0.5) is 13.6 Å². The fourth-order valence-corrected chi connectivity index (χ4v) is 2.81. The molecule has 1 heterocycles. The molecule has 1 unspecified atom stereocenters. The molecule has 0 saturated carbocycles. The summed E-state index contributed by atoms with van der Waals surface area (Å²) in [5.41, 5.74) is 0.482. The number of carbonyl (C=O) groups is 1. The zero-order chi connectivity index (χ0) is 18.8. The van der Waals surface area contributed by atoms with Crippen LogP contribution < -0.4 is 10.9 Å². The number of hydrogen-bond donors (Lipinski definition) is 3. The van der Waals surface area contributed by atoms with Gasteiger partial charge in [-0.25, -0.2) is 18.6 Å². The molecule has 0 aliphatic heterocycles. The van der Waals surface area contributed by atoms with Gasteiger partial charge in [0.15, 0.2) is 0 Å². The van der Waals surface area contributed by atoms with E-state index in [2.05, 4.69) is 15.3 Å². The molecule has 8 heteroatoms. The maximum Gasteiger partial charge on any atom is 0.404 e. The van der Waals surface area contributed by atoms with Crippen LogP contribution in [0.25, 0.3) is 10.9 Å². The van der Waals surface area contributed by atoms with E-state index >= 15 is 0 Å². The summed E-state index contributed by atoms with van der Waals surface area (Å²) < 4.78 is 27.4. The first-order valence-electron chi connectivity index (χ1n) is 7.78. The summed E-state index contributed by atoms with van der Waals surface area (Å²) in [5.74, 6) is -1.74. The highest BCUT2D eigenvalue weighted by Gasteiger charge is 2.20. The molecular formula is C18H15F2N3O3. The third-order valence-corrected chi connectivity index (χ3v) is 4.10. The molecule has 0 aliphatic rings. The molecule has 3 N–H and O–H groups in total. The molecule has 26 heavy (non-hydrogen) atoms. The zero-order valence-corrected chi connectivity index (χ0v) is 13.7. The van der Waals surface area contributed by atoms with Crippen LogP contribution in [0.2, 0.25) is 0 Å². The van der Waals surface area contributed by atoms with Crippen LogP contribution in [-0.2, 0) is 0 Å². The SMILES string of the molecule is Cc1ccc(F)c2nc(C(CNC(=O)O)c3ccc(F)cc3)[nH]c(=O)c12. The van der Waals surface area contributed by atoms with Crippen molar-refractivity contribution in [1.29, 1.82) is 0 Å². The number of hydrogen-bond acceptors (Lipinski definition) is 3. The fourth-order valence-electron chi connectivity index (χ4n) is 2.81. The van der Waals surface area contributed by atoms with Gasteiger partial charge in [0.1, 0.15) is 23.0 Å². The number of rotatable bonds is 4. The van der Waals surface area contributed by atoms with Gasteiger partial charge < -0.3 is 15.4 Å². The van der Waals surface area contributed by atoms with E-state index in [9.17, 15) is 18.4 Å². The minimum Gasteiger partial charge on any atom is -0.465 e. The normalized spacial score (nSPS) is 12.1. The summed E-state index contributed by atoms with van der Waals surface area (Å²) in [7, 11) is 0. The number of aromatic amines is 1. The van der Waals surface area contributed by atoms with Crippen LogP contribution in [0.5, 0.6) is 0 Å². The van der Waals surface area contributed by atoms with Crippen molar-refractivity contribution in [3.8, 4) is 0 Å². The molecular weight excluding hydrogens is 344 g/mol. The summed E-state index contributed by atoms with van der Waals surface area (Å²) in [4.78, 5) is 30.1. The van der Waals surface area contributed by atoms with Crippen LogP contribution in [0.3, 0.4) is 0 Å². The number of H-pyrrole nitrogens is 1. The van der Waals surface area contributed by atoms with Gasteiger partial charge in [-0.2, -0.15) is 0 Å². The van der Waals surface area contributed by atoms with Crippen molar-refractivity contribution in [2.75, 3.05) is 6.54 Å². The smallest absolute Gasteiger partial charge is 0.404 e. The molecule has 1 aromatic heterocycles. The van der Waals surface area contributed by atoms with E-state index in [1.54, 1.807) is 6.92 Å². The predicted octanol–water partition coefficient (Wildman–Crippen LogP) is 2.91. The quantitative estimate of drug-likeness (QED) is 0.667. The summed E-state index contributed by atoms with van der Waals surface area (Å²) in [5, 5.41) is 11.2. The summed E-state index contributed by atoms with van der Waals surface area (Å²) in [6.45, 7) is 1.55. The van der Waals surface area contributed by atoms with E-state index in [0.717, 1.165) is 0 Å². The van der Waals surface area contributed by atoms with E-state index in [1.807, 2.05) is 0 Å². The average Bonchev–Trinajstić information content (AvgIpc) is 2.59. The Labute approximate surface area is 146 Å². The molecule has 6 nitrogen and oxygen atoms in total. The first-order valence-corrected chi connectivity index (χ1v) is 7.78. The Hall–Kier alpha value is -3.29. The van der Waals surface area contributed by atoms with Crippen LogP contribution in [0.1, 0.15) is 22.9 Å². The largest absolute Gasteiger partial charge is 0.465 e. The third-order valence-electron chi connectivity index (χ3n) is 4.10. The van der Waals surface area contributed by atoms with Crippen molar-refractivity contribution in [3.05, 3.63) is 75.3 Å². The molecule has 1 atom stereocenters. The van der Waals surface area contributed by atoms with Crippen molar-refractivity contribution in [1.82, 2.24) is 15.3 Å². The fraction of sp³-hybridized carbons (Fsp3) is 0.167. The van der Waals surface area contributed by atoms with Gasteiger partial charge in [0.2, 0.25) is 0 Å². The second-order valence-corrected chi connectivity index (χ2v) is 5.83. The maximum atomic E-state index is 14.2. The maximum absolute atomic E-state index is 14.2. The van der Waals surface area contributed by atoms with Crippen LogP contribution in [-0.4, -0.2) is 27.7 Å². The molecule has 0 aliphatic carbocycles. The number of aryl methyl sites for hydroxylation is 1. The van der Waals surface area contributed by atoms with E-state index in [-0.39, 0.29) is 23.3 Å². The van der Waals surface area contributed by atoms with Crippen molar-refractivity contribution >= 4 is 17.0 Å². The lowest BCUT2D eigenvalue weighted by Gasteiger charge is -2.17. The van der Waals surface area contributed by atoms with Gasteiger partial charge in [-0.3, -0.25) is 4.79 Å². The minimum atomic E-state index is -1.26. The monoisotopic (exact) mass is 359 g/mol. The Morgan fingerprint density at radius 1 is 1.23 bits per heavy atom. The van der Waals surface area contributed by atoms with Gasteiger partial charge >= 0.3 is 6.09 Å². The average molecular weight is 359 g/mol. The molecule has 0 radical (unpaired) electrons. The first-order chi connectivity index (χ1) is 12.4. The summed E-state index contributed by atoms with van der Waals surface area (Å²) >= 11 is 0. The standard InChI is InChI=1S/C18H15F2N3O3/c1-9-2-7-13(20)15-14(9)17(24)23-16(22-15)12(8-21-18(25)26)10-3-5-11(19)6-4-10/h2-7,12,21H,8H2,1H3,(H,25,26)(H,22,23,24). The van der Waals surface area contributed by atoms with Crippen molar-refractivity contribution in [3.63, 3.8) is 0 Å². The molecule has 0 bridgehead atoms. The molecule has 3 aromatic rings. The van der Waals surface area contributed by atoms with Gasteiger partial charge in [0, 0.05) is 6.54 Å². The Bertz CT molecular complexity index is 1030. The van der Waals surface area contributed by atoms with Gasteiger partial charge in [0.05, 0.1) is 11.3 Å². The minimum absolute atomic E-state index is 0.0901. The highest BCUT2D eigenvalue weighted by Crippen LogP contribution is 2.24. The summed E-state index contributed by atoms with van der Waals surface area (Å²) in [6, 6.07) is 8.05. The highest BCUT2D eigenvalue weighted by atomic mass is 19.1. The zero-order valence-electron chi connectivity index (χ0n) is 13.7. The number of benzene rings is 2. The van der Waals surface area contributed by atoms with E-state index in [0.29, 0.717) is 11.1 Å². The van der Waals surface area contributed by atoms with E-state index in [4.69, 9.17) is 5.11 Å². The van der Waals surface area contributed by atoms with Gasteiger partial charge in [0.25, 0.3) is 5.56 Å². The number of nitrogens with one attached hydrogen (secondary N) is 2. The Morgan fingerprint density at radius 3 is 2.58 bits per heavy atom. The lowest BCUT2D eigenvalue weighted by atomic mass is 9.97. The molecule has 2 aromatic carbocycles. The Morgan fingerprint density at radius 2 is 1.92 bits per heavy atom. The second-order valence-electron chi connectivity index (χ2n) is 5.83. The van der Waals surface area contributed by atoms with Crippen LogP contribution >= 0.6 is 0 Å². The van der Waals surface area contributed by atoms with Crippen molar-refractivity contribution in [2.45, 2.75) is 12.8 Å². The summed E-state index contributed by atoms with van der Waals surface area (Å²) in [6.07, 6.45) is -1.26. The lowest BCUT2D eigenvalue weighted by molar-refractivity contribution is 0.194. The van der Waals surface area contributed by atoms with Gasteiger partial charge in [-0.05, 0) is 36.2 Å². The van der Waals surface area contributed by atoms with Gasteiger partial charge in [-0.15, -0.1) is 0 Å². The highest BCUT2D eigenvalue weighted by molar-refractivity contribution is 5.81. The molecule has 1 amide bonds. The predicted molar refractivity (Wildman–Crippen MR) is 91.3 cm³/mol. The Balaban J connectivity index is 2.17. The van der Waals surface area contributed by atoms with E-state index < -0.39 is 29.2 Å². The molecule has 134 valence electrons. The van der Waals surface area contributed by atoms with Crippen LogP contribution in [0.15, 0.2) is 41.2 Å². The molecule has 0 saturated heterocycles. The second kappa shape index (κ2) is 6.91. The molecule has 0 spiro atoms. The molecule has 3 rings (SSSR count). The number of halogens is 2. The number of amides is 1. The van der Waals surface area contributed by atoms with Crippen molar-refractivity contribution < 1.29 is 18.7 Å². The number of fused-ring (bicyclic) bond motifs is 1.